The maximum absolute atomic E-state index is 11.8. The number of rotatable bonds is 1. The van der Waals surface area contributed by atoms with E-state index in [2.05, 4.69) is 11.7 Å². The van der Waals surface area contributed by atoms with Gasteiger partial charge in [-0.1, -0.05) is 18.2 Å². The Labute approximate surface area is 106 Å². The predicted molar refractivity (Wildman–Crippen MR) is 67.0 cm³/mol. The number of amides is 1. The molecule has 92 valence electrons. The quantitative estimate of drug-likeness (QED) is 0.722. The van der Waals surface area contributed by atoms with E-state index in [4.69, 9.17) is 11.6 Å². The molecule has 1 aliphatic heterocycles. The zero-order valence-electron chi connectivity index (χ0n) is 10.3. The van der Waals surface area contributed by atoms with E-state index in [0.29, 0.717) is 11.6 Å². The number of fused-ring (bicyclic) bond motifs is 1. The lowest BCUT2D eigenvalue weighted by molar-refractivity contribution is -0.129. The van der Waals surface area contributed by atoms with Crippen molar-refractivity contribution in [3.8, 4) is 0 Å². The van der Waals surface area contributed by atoms with Crippen molar-refractivity contribution in [3.63, 3.8) is 0 Å². The van der Waals surface area contributed by atoms with Gasteiger partial charge in [-0.2, -0.15) is 5.10 Å². The normalized spacial score (nSPS) is 23.4. The van der Waals surface area contributed by atoms with Gasteiger partial charge in [-0.05, 0) is 26.8 Å². The van der Waals surface area contributed by atoms with Crippen LogP contribution in [0.25, 0.3) is 0 Å². The second-order valence-corrected chi connectivity index (χ2v) is 4.83. The van der Waals surface area contributed by atoms with E-state index in [1.807, 2.05) is 25.5 Å². The molecule has 2 unspecified atom stereocenters. The second kappa shape index (κ2) is 4.18. The van der Waals surface area contributed by atoms with Gasteiger partial charge in [0.1, 0.15) is 0 Å². The van der Waals surface area contributed by atoms with E-state index < -0.39 is 0 Å². The highest BCUT2D eigenvalue weighted by molar-refractivity contribution is 6.32. The summed E-state index contributed by atoms with van der Waals surface area (Å²) in [6, 6.07) is 0.0710. The molecule has 0 saturated carbocycles. The Kier molecular flexibility index (Phi) is 3.00. The third-order valence-electron chi connectivity index (χ3n) is 3.25. The largest absolute Gasteiger partial charge is 0.329 e. The molecular weight excluding hydrogens is 238 g/mol. The summed E-state index contributed by atoms with van der Waals surface area (Å²) in [6.45, 7) is 10.0. The molecule has 0 radical (unpaired) electrons. The van der Waals surface area contributed by atoms with Crippen LogP contribution in [-0.2, 0) is 4.79 Å². The van der Waals surface area contributed by atoms with Gasteiger partial charge in [-0.3, -0.25) is 9.48 Å². The fraction of sp³-hybridized carbons (Fsp3) is 0.500. The summed E-state index contributed by atoms with van der Waals surface area (Å²) in [5.74, 6) is -0.0643. The van der Waals surface area contributed by atoms with E-state index in [1.54, 1.807) is 4.90 Å². The van der Waals surface area contributed by atoms with Crippen LogP contribution < -0.4 is 0 Å². The van der Waals surface area contributed by atoms with Gasteiger partial charge in [0.05, 0.1) is 28.5 Å². The molecule has 2 rings (SSSR count). The Morgan fingerprint density at radius 1 is 1.59 bits per heavy atom. The molecule has 1 aromatic rings. The maximum atomic E-state index is 11.8. The topological polar surface area (TPSA) is 38.1 Å². The zero-order chi connectivity index (χ0) is 12.7. The summed E-state index contributed by atoms with van der Waals surface area (Å²) < 4.78 is 1.93. The summed E-state index contributed by atoms with van der Waals surface area (Å²) in [7, 11) is 0. The lowest BCUT2D eigenvalue weighted by Gasteiger charge is -2.37. The van der Waals surface area contributed by atoms with Crippen molar-refractivity contribution in [3.05, 3.63) is 29.1 Å². The van der Waals surface area contributed by atoms with Gasteiger partial charge in [0, 0.05) is 6.54 Å². The maximum Gasteiger partial charge on any atom is 0.246 e. The van der Waals surface area contributed by atoms with Crippen molar-refractivity contribution in [1.29, 1.82) is 0 Å². The first-order valence-electron chi connectivity index (χ1n) is 5.65. The molecule has 0 fully saturated rings. The van der Waals surface area contributed by atoms with Gasteiger partial charge < -0.3 is 4.90 Å². The van der Waals surface area contributed by atoms with E-state index in [1.165, 1.54) is 6.08 Å². The minimum Gasteiger partial charge on any atom is -0.329 e. The number of aromatic nitrogens is 2. The van der Waals surface area contributed by atoms with Crippen LogP contribution in [0.3, 0.4) is 0 Å². The molecule has 0 saturated heterocycles. The van der Waals surface area contributed by atoms with Gasteiger partial charge >= 0.3 is 0 Å². The number of hydrogen-bond donors (Lipinski definition) is 0. The van der Waals surface area contributed by atoms with Crippen LogP contribution >= 0.6 is 11.6 Å². The van der Waals surface area contributed by atoms with Crippen molar-refractivity contribution in [2.75, 3.05) is 6.54 Å². The molecule has 0 aromatic carbocycles. The average molecular weight is 254 g/mol. The van der Waals surface area contributed by atoms with Crippen LogP contribution in [0.1, 0.15) is 37.3 Å². The van der Waals surface area contributed by atoms with Crippen LogP contribution in [0.4, 0.5) is 0 Å². The highest BCUT2D eigenvalue weighted by Gasteiger charge is 2.34. The van der Waals surface area contributed by atoms with Crippen LogP contribution in [0.5, 0.6) is 0 Å². The van der Waals surface area contributed by atoms with Crippen molar-refractivity contribution in [1.82, 2.24) is 14.7 Å². The number of halogens is 1. The van der Waals surface area contributed by atoms with Gasteiger partial charge in [-0.15, -0.1) is 0 Å². The summed E-state index contributed by atoms with van der Waals surface area (Å²) in [6.07, 6.45) is 1.34. The number of nitrogens with zero attached hydrogens (tertiary/aromatic N) is 3. The molecule has 0 bridgehead atoms. The minimum atomic E-state index is -0.0644. The lowest BCUT2D eigenvalue weighted by Crippen LogP contribution is -2.42. The Morgan fingerprint density at radius 2 is 2.24 bits per heavy atom. The molecule has 0 aliphatic carbocycles. The van der Waals surface area contributed by atoms with Gasteiger partial charge in [0.15, 0.2) is 0 Å². The van der Waals surface area contributed by atoms with Crippen LogP contribution in [-0.4, -0.2) is 27.1 Å². The van der Waals surface area contributed by atoms with Crippen molar-refractivity contribution < 1.29 is 4.79 Å². The average Bonchev–Trinajstić information content (AvgIpc) is 2.60. The van der Waals surface area contributed by atoms with Gasteiger partial charge in [0.2, 0.25) is 5.91 Å². The highest BCUT2D eigenvalue weighted by atomic mass is 35.5. The van der Waals surface area contributed by atoms with Crippen LogP contribution in [0.15, 0.2) is 12.7 Å². The first-order chi connectivity index (χ1) is 7.97. The fourth-order valence-electron chi connectivity index (χ4n) is 2.32. The molecule has 4 nitrogen and oxygen atoms in total. The van der Waals surface area contributed by atoms with Crippen molar-refractivity contribution >= 4 is 17.5 Å². The molecule has 17 heavy (non-hydrogen) atoms. The Hall–Kier alpha value is -1.29. The molecule has 1 amide bonds. The standard InChI is InChI=1S/C12H16ClN3O/c1-5-10(17)15-6-7(2)16-12(9(15)4)11(13)8(3)14-16/h5,7,9H,1,6H2,2-4H3. The zero-order valence-corrected chi connectivity index (χ0v) is 11.0. The van der Waals surface area contributed by atoms with Crippen molar-refractivity contribution in [2.45, 2.75) is 32.9 Å². The van der Waals surface area contributed by atoms with Crippen molar-refractivity contribution in [2.24, 2.45) is 0 Å². The Bertz CT molecular complexity index is 480. The molecule has 2 heterocycles. The molecule has 1 aliphatic rings. The Balaban J connectivity index is 2.49. The fourth-order valence-corrected chi connectivity index (χ4v) is 2.60. The molecule has 1 aromatic heterocycles. The second-order valence-electron chi connectivity index (χ2n) is 4.45. The SMILES string of the molecule is C=CC(=O)N1CC(C)n2nc(C)c(Cl)c2C1C. The van der Waals surface area contributed by atoms with Crippen LogP contribution in [0.2, 0.25) is 5.02 Å². The summed E-state index contributed by atoms with van der Waals surface area (Å²) in [5, 5.41) is 5.08. The molecule has 5 heteroatoms. The number of hydrogen-bond acceptors (Lipinski definition) is 2. The van der Waals surface area contributed by atoms with Crippen LogP contribution in [0, 0.1) is 6.92 Å². The summed E-state index contributed by atoms with van der Waals surface area (Å²) in [5.41, 5.74) is 1.73. The smallest absolute Gasteiger partial charge is 0.246 e. The lowest BCUT2D eigenvalue weighted by atomic mass is 10.1. The van der Waals surface area contributed by atoms with E-state index in [0.717, 1.165) is 11.4 Å². The third-order valence-corrected chi connectivity index (χ3v) is 3.71. The first kappa shape index (κ1) is 12.2. The van der Waals surface area contributed by atoms with E-state index >= 15 is 0 Å². The molecule has 0 N–H and O–H groups in total. The minimum absolute atomic E-state index is 0.0643. The molecule has 2 atom stereocenters. The van der Waals surface area contributed by atoms with Gasteiger partial charge in [0.25, 0.3) is 0 Å². The summed E-state index contributed by atoms with van der Waals surface area (Å²) >= 11 is 6.25. The molecule has 0 spiro atoms. The predicted octanol–water partition coefficient (Wildman–Crippen LogP) is 2.50. The number of aryl methyl sites for hydroxylation is 1. The van der Waals surface area contributed by atoms with Gasteiger partial charge in [-0.25, -0.2) is 0 Å². The highest BCUT2D eigenvalue weighted by Crippen LogP contribution is 2.36. The number of carbonyl (C=O) groups excluding carboxylic acids is 1. The van der Waals surface area contributed by atoms with E-state index in [9.17, 15) is 4.79 Å². The number of carbonyl (C=O) groups is 1. The Morgan fingerprint density at radius 3 is 2.82 bits per heavy atom. The first-order valence-corrected chi connectivity index (χ1v) is 6.02. The summed E-state index contributed by atoms with van der Waals surface area (Å²) in [4.78, 5) is 13.6. The molecular formula is C12H16ClN3O. The monoisotopic (exact) mass is 253 g/mol. The van der Waals surface area contributed by atoms with E-state index in [-0.39, 0.29) is 18.0 Å². The third kappa shape index (κ3) is 1.76.